The van der Waals surface area contributed by atoms with E-state index in [1.165, 1.54) is 0 Å². The number of urea groups is 1. The molecule has 0 aromatic heterocycles. The molecule has 3 saturated heterocycles. The van der Waals surface area contributed by atoms with E-state index in [0.717, 1.165) is 12.8 Å². The Kier molecular flexibility index (Phi) is 3.33. The number of fused-ring (bicyclic) bond motifs is 2. The summed E-state index contributed by atoms with van der Waals surface area (Å²) in [6, 6.07) is -0.286. The number of hydrogen-bond acceptors (Lipinski definition) is 4. The second kappa shape index (κ2) is 4.89. The normalized spacial score (nSPS) is 39.9. The van der Waals surface area contributed by atoms with Crippen molar-refractivity contribution in [3.8, 4) is 0 Å². The Labute approximate surface area is 116 Å². The lowest BCUT2D eigenvalue weighted by atomic mass is 9.98. The SMILES string of the molecule is O=C(NC1(C(=O)O)CCOC1)N1C2CCC1CC(O)C2. The Balaban J connectivity index is 1.72. The highest BCUT2D eigenvalue weighted by Gasteiger charge is 2.48. The Morgan fingerprint density at radius 2 is 1.90 bits per heavy atom. The van der Waals surface area contributed by atoms with Gasteiger partial charge in [0.15, 0.2) is 5.54 Å². The summed E-state index contributed by atoms with van der Waals surface area (Å²) in [7, 11) is 0. The average Bonchev–Trinajstić information content (AvgIpc) is 2.94. The number of nitrogens with zero attached hydrogens (tertiary/aromatic N) is 1. The van der Waals surface area contributed by atoms with Gasteiger partial charge in [-0.2, -0.15) is 0 Å². The van der Waals surface area contributed by atoms with Crippen molar-refractivity contribution in [2.24, 2.45) is 0 Å². The van der Waals surface area contributed by atoms with Crippen molar-refractivity contribution in [1.29, 1.82) is 0 Å². The molecule has 112 valence electrons. The topological polar surface area (TPSA) is 99.1 Å². The molecule has 0 aromatic carbocycles. The first-order valence-corrected chi connectivity index (χ1v) is 7.11. The minimum atomic E-state index is -1.30. The van der Waals surface area contributed by atoms with Crippen LogP contribution >= 0.6 is 0 Å². The van der Waals surface area contributed by atoms with Crippen LogP contribution < -0.4 is 5.32 Å². The number of aliphatic carboxylic acids is 1. The summed E-state index contributed by atoms with van der Waals surface area (Å²) >= 11 is 0. The Hall–Kier alpha value is -1.34. The van der Waals surface area contributed by atoms with Crippen molar-refractivity contribution in [1.82, 2.24) is 10.2 Å². The summed E-state index contributed by atoms with van der Waals surface area (Å²) in [5.74, 6) is -1.05. The number of carbonyl (C=O) groups excluding carboxylic acids is 1. The van der Waals surface area contributed by atoms with Crippen LogP contribution in [0.2, 0.25) is 0 Å². The van der Waals surface area contributed by atoms with E-state index in [9.17, 15) is 19.8 Å². The van der Waals surface area contributed by atoms with Crippen LogP contribution in [0.1, 0.15) is 32.1 Å². The Morgan fingerprint density at radius 3 is 2.40 bits per heavy atom. The van der Waals surface area contributed by atoms with Crippen molar-refractivity contribution in [3.63, 3.8) is 0 Å². The zero-order chi connectivity index (χ0) is 14.3. The molecule has 3 heterocycles. The monoisotopic (exact) mass is 284 g/mol. The van der Waals surface area contributed by atoms with Crippen LogP contribution in [0.4, 0.5) is 4.79 Å². The summed E-state index contributed by atoms with van der Waals surface area (Å²) in [6.07, 6.45) is 2.87. The van der Waals surface area contributed by atoms with Gasteiger partial charge in [-0.15, -0.1) is 0 Å². The van der Waals surface area contributed by atoms with Crippen LogP contribution in [0.3, 0.4) is 0 Å². The van der Waals surface area contributed by atoms with Crippen molar-refractivity contribution in [2.75, 3.05) is 13.2 Å². The van der Waals surface area contributed by atoms with E-state index >= 15 is 0 Å². The summed E-state index contributed by atoms with van der Waals surface area (Å²) in [5.41, 5.74) is -1.30. The molecule has 0 aliphatic carbocycles. The standard InChI is InChI=1S/C13H20N2O5/c16-10-5-8-1-2-9(6-10)15(8)12(19)14-13(11(17)18)3-4-20-7-13/h8-10,16H,1-7H2,(H,14,19)(H,17,18). The van der Waals surface area contributed by atoms with Crippen LogP contribution in [-0.4, -0.2) is 64.1 Å². The summed E-state index contributed by atoms with van der Waals surface area (Å²) in [4.78, 5) is 25.6. The van der Waals surface area contributed by atoms with Gasteiger partial charge < -0.3 is 25.2 Å². The fourth-order valence-corrected chi connectivity index (χ4v) is 3.63. The summed E-state index contributed by atoms with van der Waals surface area (Å²) in [5, 5.41) is 21.7. The predicted molar refractivity (Wildman–Crippen MR) is 68.2 cm³/mol. The fraction of sp³-hybridized carbons (Fsp3) is 0.846. The predicted octanol–water partition coefficient (Wildman–Crippen LogP) is -0.0726. The number of amides is 2. The number of carboxylic acids is 1. The minimum absolute atomic E-state index is 0.0138. The molecular weight excluding hydrogens is 264 g/mol. The van der Waals surface area contributed by atoms with Crippen molar-refractivity contribution in [3.05, 3.63) is 0 Å². The third kappa shape index (κ3) is 2.14. The van der Waals surface area contributed by atoms with E-state index in [4.69, 9.17) is 4.74 Å². The largest absolute Gasteiger partial charge is 0.479 e. The van der Waals surface area contributed by atoms with Crippen LogP contribution in [0.25, 0.3) is 0 Å². The van der Waals surface area contributed by atoms with Gasteiger partial charge in [0.25, 0.3) is 0 Å². The fourth-order valence-electron chi connectivity index (χ4n) is 3.63. The van der Waals surface area contributed by atoms with Gasteiger partial charge in [0.1, 0.15) is 0 Å². The molecule has 20 heavy (non-hydrogen) atoms. The molecule has 2 bridgehead atoms. The maximum Gasteiger partial charge on any atom is 0.332 e. The number of carbonyl (C=O) groups is 2. The van der Waals surface area contributed by atoms with Crippen LogP contribution in [-0.2, 0) is 9.53 Å². The molecular formula is C13H20N2O5. The molecule has 3 aliphatic heterocycles. The second-order valence-electron chi connectivity index (χ2n) is 6.04. The van der Waals surface area contributed by atoms with Gasteiger partial charge in [-0.1, -0.05) is 0 Å². The summed E-state index contributed by atoms with van der Waals surface area (Å²) in [6.45, 7) is 0.359. The van der Waals surface area contributed by atoms with E-state index < -0.39 is 11.5 Å². The van der Waals surface area contributed by atoms with E-state index in [-0.39, 0.29) is 30.8 Å². The molecule has 0 aromatic rings. The maximum atomic E-state index is 12.4. The quantitative estimate of drug-likeness (QED) is 0.659. The number of ether oxygens (including phenoxy) is 1. The van der Waals surface area contributed by atoms with E-state index in [1.807, 2.05) is 0 Å². The molecule has 3 N–H and O–H groups in total. The molecule has 2 amide bonds. The van der Waals surface area contributed by atoms with Crippen molar-refractivity contribution < 1.29 is 24.5 Å². The molecule has 7 heteroatoms. The van der Waals surface area contributed by atoms with E-state index in [1.54, 1.807) is 4.90 Å². The van der Waals surface area contributed by atoms with Crippen molar-refractivity contribution >= 4 is 12.0 Å². The molecule has 3 unspecified atom stereocenters. The third-order valence-electron chi connectivity index (χ3n) is 4.72. The smallest absolute Gasteiger partial charge is 0.332 e. The second-order valence-corrected chi connectivity index (χ2v) is 6.04. The minimum Gasteiger partial charge on any atom is -0.479 e. The van der Waals surface area contributed by atoms with E-state index in [0.29, 0.717) is 25.9 Å². The first kappa shape index (κ1) is 13.6. The summed E-state index contributed by atoms with van der Waals surface area (Å²) < 4.78 is 5.14. The number of aliphatic hydroxyl groups is 1. The molecule has 0 spiro atoms. The highest BCUT2D eigenvalue weighted by Crippen LogP contribution is 2.36. The number of hydrogen-bond donors (Lipinski definition) is 3. The molecule has 3 atom stereocenters. The molecule has 0 saturated carbocycles. The number of carboxylic acid groups (broad SMARTS) is 1. The van der Waals surface area contributed by atoms with Gasteiger partial charge in [0, 0.05) is 25.1 Å². The van der Waals surface area contributed by atoms with Gasteiger partial charge >= 0.3 is 12.0 Å². The van der Waals surface area contributed by atoms with Crippen molar-refractivity contribution in [2.45, 2.75) is 55.8 Å². The molecule has 3 fully saturated rings. The van der Waals surface area contributed by atoms with Gasteiger partial charge in [0.2, 0.25) is 0 Å². The van der Waals surface area contributed by atoms with Gasteiger partial charge in [-0.3, -0.25) is 0 Å². The number of aliphatic hydroxyl groups excluding tert-OH is 1. The lowest BCUT2D eigenvalue weighted by molar-refractivity contribution is -0.144. The number of rotatable bonds is 2. The van der Waals surface area contributed by atoms with Crippen LogP contribution in [0.5, 0.6) is 0 Å². The zero-order valence-corrected chi connectivity index (χ0v) is 11.2. The first-order chi connectivity index (χ1) is 9.52. The van der Waals surface area contributed by atoms with Gasteiger partial charge in [0.05, 0.1) is 12.7 Å². The molecule has 3 aliphatic rings. The van der Waals surface area contributed by atoms with Crippen LogP contribution in [0, 0.1) is 0 Å². The Bertz CT molecular complexity index is 407. The van der Waals surface area contributed by atoms with Gasteiger partial charge in [-0.25, -0.2) is 9.59 Å². The van der Waals surface area contributed by atoms with Gasteiger partial charge in [-0.05, 0) is 25.7 Å². The molecule has 3 rings (SSSR count). The highest BCUT2D eigenvalue weighted by atomic mass is 16.5. The third-order valence-corrected chi connectivity index (χ3v) is 4.72. The lowest BCUT2D eigenvalue weighted by Gasteiger charge is -2.38. The maximum absolute atomic E-state index is 12.4. The Morgan fingerprint density at radius 1 is 1.25 bits per heavy atom. The molecule has 0 radical (unpaired) electrons. The first-order valence-electron chi connectivity index (χ1n) is 7.11. The number of piperidine rings is 1. The highest BCUT2D eigenvalue weighted by molar-refractivity contribution is 5.87. The zero-order valence-electron chi connectivity index (χ0n) is 11.2. The molecule has 7 nitrogen and oxygen atoms in total. The lowest BCUT2D eigenvalue weighted by Crippen LogP contribution is -2.61. The average molecular weight is 284 g/mol. The van der Waals surface area contributed by atoms with Crippen LogP contribution in [0.15, 0.2) is 0 Å². The van der Waals surface area contributed by atoms with E-state index in [2.05, 4.69) is 5.32 Å². The number of nitrogens with one attached hydrogen (secondary N) is 1.